The van der Waals surface area contributed by atoms with Gasteiger partial charge < -0.3 is 18.9 Å². The molecule has 6 rings (SSSR count). The maximum atomic E-state index is 14.3. The summed E-state index contributed by atoms with van der Waals surface area (Å²) in [5.74, 6) is 0.977. The van der Waals surface area contributed by atoms with Gasteiger partial charge in [0, 0.05) is 11.1 Å². The van der Waals surface area contributed by atoms with Gasteiger partial charge in [0.2, 0.25) is 0 Å². The smallest absolute Gasteiger partial charge is 0.338 e. The lowest BCUT2D eigenvalue weighted by molar-refractivity contribution is -0.138. The predicted molar refractivity (Wildman–Crippen MR) is 183 cm³/mol. The molecule has 10 heteroatoms. The van der Waals surface area contributed by atoms with E-state index in [1.165, 1.54) is 23.0 Å². The van der Waals surface area contributed by atoms with Crippen molar-refractivity contribution in [2.45, 2.75) is 19.6 Å². The average Bonchev–Trinajstić information content (AvgIpc) is 3.44. The molecule has 0 amide bonds. The van der Waals surface area contributed by atoms with Gasteiger partial charge in [0.15, 0.2) is 16.3 Å². The third-order valence-corrected chi connectivity index (χ3v) is 8.77. The molecule has 1 aliphatic heterocycles. The van der Waals surface area contributed by atoms with Crippen molar-refractivity contribution >= 4 is 29.1 Å². The molecule has 240 valence electrons. The van der Waals surface area contributed by atoms with Crippen LogP contribution in [0, 0.1) is 11.3 Å². The number of rotatable bonds is 10. The molecule has 0 N–H and O–H groups in total. The number of carbonyl (C=O) groups is 1. The number of nitrogens with zero attached hydrogens (tertiary/aromatic N) is 3. The normalized spacial score (nSPS) is 14.0. The van der Waals surface area contributed by atoms with Crippen LogP contribution in [-0.4, -0.2) is 31.4 Å². The quantitative estimate of drug-likeness (QED) is 0.185. The Morgan fingerprint density at radius 3 is 2.48 bits per heavy atom. The number of methoxy groups -OCH3 is 2. The molecule has 2 heterocycles. The Morgan fingerprint density at radius 2 is 1.73 bits per heavy atom. The number of thiazole rings is 1. The molecule has 0 fully saturated rings. The third kappa shape index (κ3) is 6.36. The van der Waals surface area contributed by atoms with Gasteiger partial charge in [-0.05, 0) is 54.5 Å². The first kappa shape index (κ1) is 32.0. The van der Waals surface area contributed by atoms with Crippen LogP contribution in [0.25, 0.3) is 11.8 Å². The summed E-state index contributed by atoms with van der Waals surface area (Å²) in [6.07, 6.45) is 1.78. The van der Waals surface area contributed by atoms with E-state index in [0.717, 1.165) is 11.1 Å². The number of esters is 1. The summed E-state index contributed by atoms with van der Waals surface area (Å²) >= 11 is 1.23. The van der Waals surface area contributed by atoms with Crippen molar-refractivity contribution in [3.8, 4) is 23.3 Å². The zero-order chi connectivity index (χ0) is 33.6. The molecule has 0 saturated carbocycles. The van der Waals surface area contributed by atoms with Crippen molar-refractivity contribution in [3.63, 3.8) is 0 Å². The van der Waals surface area contributed by atoms with Crippen molar-refractivity contribution in [3.05, 3.63) is 150 Å². The van der Waals surface area contributed by atoms with E-state index in [9.17, 15) is 14.9 Å². The molecule has 4 aromatic carbocycles. The fourth-order valence-electron chi connectivity index (χ4n) is 5.54. The summed E-state index contributed by atoms with van der Waals surface area (Å²) in [5.41, 5.74) is 3.75. The monoisotopic (exact) mass is 657 g/mol. The molecule has 5 aromatic rings. The minimum absolute atomic E-state index is 0.147. The second-order valence-corrected chi connectivity index (χ2v) is 11.7. The lowest BCUT2D eigenvalue weighted by Gasteiger charge is -2.26. The van der Waals surface area contributed by atoms with Crippen LogP contribution in [-0.2, 0) is 16.1 Å². The standard InChI is InChI=1S/C38H31N3O6S/c1-4-46-37(43)33-34(25-12-6-5-7-13-25)40-38-41(35(33)26-17-18-30(44-2)31(21-26)45-3)36(42)32(48-38)20-24-11-10-16-29(19-24)47-23-28-15-9-8-14-27(28)22-39/h5-21,35H,4,23H2,1-3H3/b32-20-/t35-/m1/s1. The van der Waals surface area contributed by atoms with Crippen molar-refractivity contribution in [1.82, 2.24) is 4.57 Å². The maximum absolute atomic E-state index is 14.3. The van der Waals surface area contributed by atoms with Gasteiger partial charge in [0.25, 0.3) is 5.56 Å². The van der Waals surface area contributed by atoms with E-state index >= 15 is 0 Å². The lowest BCUT2D eigenvalue weighted by atomic mass is 9.93. The molecule has 9 nitrogen and oxygen atoms in total. The molecule has 0 radical (unpaired) electrons. The summed E-state index contributed by atoms with van der Waals surface area (Å²) in [7, 11) is 3.08. The van der Waals surface area contributed by atoms with Gasteiger partial charge in [-0.3, -0.25) is 9.36 Å². The highest BCUT2D eigenvalue weighted by molar-refractivity contribution is 7.07. The van der Waals surface area contributed by atoms with E-state index in [4.69, 9.17) is 23.9 Å². The average molecular weight is 658 g/mol. The zero-order valence-corrected chi connectivity index (χ0v) is 27.3. The number of ether oxygens (including phenoxy) is 4. The topological polar surface area (TPSA) is 112 Å². The highest BCUT2D eigenvalue weighted by Crippen LogP contribution is 2.38. The molecular weight excluding hydrogens is 627 g/mol. The zero-order valence-electron chi connectivity index (χ0n) is 26.5. The molecule has 1 aromatic heterocycles. The van der Waals surface area contributed by atoms with Gasteiger partial charge in [-0.2, -0.15) is 5.26 Å². The van der Waals surface area contributed by atoms with Crippen LogP contribution in [0.5, 0.6) is 17.2 Å². The first-order valence-electron chi connectivity index (χ1n) is 15.2. The first-order chi connectivity index (χ1) is 23.4. The summed E-state index contributed by atoms with van der Waals surface area (Å²) < 4.78 is 24.6. The Bertz CT molecular complexity index is 2250. The van der Waals surface area contributed by atoms with Crippen LogP contribution in [0.2, 0.25) is 0 Å². The number of fused-ring (bicyclic) bond motifs is 1. The van der Waals surface area contributed by atoms with E-state index in [-0.39, 0.29) is 24.3 Å². The Labute approximate surface area is 280 Å². The van der Waals surface area contributed by atoms with E-state index in [1.54, 1.807) is 38.3 Å². The van der Waals surface area contributed by atoms with Gasteiger partial charge in [-0.15, -0.1) is 0 Å². The van der Waals surface area contributed by atoms with Gasteiger partial charge >= 0.3 is 5.97 Å². The lowest BCUT2D eigenvalue weighted by Crippen LogP contribution is -2.40. The number of benzene rings is 4. The molecule has 0 spiro atoms. The van der Waals surface area contributed by atoms with E-state index in [0.29, 0.717) is 49.0 Å². The molecule has 0 unspecified atom stereocenters. The highest BCUT2D eigenvalue weighted by atomic mass is 32.1. The summed E-state index contributed by atoms with van der Waals surface area (Å²) in [5, 5.41) is 9.43. The Morgan fingerprint density at radius 1 is 0.958 bits per heavy atom. The fraction of sp³-hybridized carbons (Fsp3) is 0.158. The van der Waals surface area contributed by atoms with Crippen molar-refractivity contribution in [1.29, 1.82) is 5.26 Å². The molecular formula is C38H31N3O6S. The fourth-order valence-corrected chi connectivity index (χ4v) is 6.54. The second kappa shape index (κ2) is 14.2. The van der Waals surface area contributed by atoms with Crippen molar-refractivity contribution < 1.29 is 23.7 Å². The van der Waals surface area contributed by atoms with E-state index in [1.807, 2.05) is 78.9 Å². The number of hydrogen-bond acceptors (Lipinski definition) is 9. The molecule has 0 aliphatic carbocycles. The number of nitriles is 1. The second-order valence-electron chi connectivity index (χ2n) is 10.7. The molecule has 0 saturated heterocycles. The predicted octanol–water partition coefficient (Wildman–Crippen LogP) is 5.40. The van der Waals surface area contributed by atoms with Gasteiger partial charge in [-0.1, -0.05) is 78.1 Å². The van der Waals surface area contributed by atoms with E-state index < -0.39 is 12.0 Å². The van der Waals surface area contributed by atoms with Crippen molar-refractivity contribution in [2.24, 2.45) is 4.99 Å². The Balaban J connectivity index is 1.50. The maximum Gasteiger partial charge on any atom is 0.338 e. The SMILES string of the molecule is CCOC(=O)C1=C(c2ccccc2)N=c2s/c(=C\c3cccc(OCc4ccccc4C#N)c3)c(=O)n2[C@@H]1c1ccc(OC)c(OC)c1. The number of aromatic nitrogens is 1. The molecule has 48 heavy (non-hydrogen) atoms. The van der Waals surface area contributed by atoms with E-state index in [2.05, 4.69) is 6.07 Å². The number of carbonyl (C=O) groups excluding carboxylic acids is 1. The van der Waals surface area contributed by atoms with Gasteiger partial charge in [0.05, 0.1) is 54.3 Å². The van der Waals surface area contributed by atoms with Crippen LogP contribution >= 0.6 is 11.3 Å². The minimum atomic E-state index is -0.868. The van der Waals surface area contributed by atoms with Crippen LogP contribution in [0.3, 0.4) is 0 Å². The highest BCUT2D eigenvalue weighted by Gasteiger charge is 2.35. The summed E-state index contributed by atoms with van der Waals surface area (Å²) in [6, 6.07) is 30.7. The first-order valence-corrected chi connectivity index (χ1v) is 16.0. The Kier molecular flexibility index (Phi) is 9.50. The third-order valence-electron chi connectivity index (χ3n) is 7.79. The largest absolute Gasteiger partial charge is 0.493 e. The van der Waals surface area contributed by atoms with Crippen LogP contribution in [0.4, 0.5) is 0 Å². The van der Waals surface area contributed by atoms with Gasteiger partial charge in [-0.25, -0.2) is 9.79 Å². The Hall–Kier alpha value is -5.92. The van der Waals surface area contributed by atoms with Crippen molar-refractivity contribution in [2.75, 3.05) is 20.8 Å². The molecule has 1 aliphatic rings. The summed E-state index contributed by atoms with van der Waals surface area (Å²) in [4.78, 5) is 33.4. The van der Waals surface area contributed by atoms with Crippen LogP contribution in [0.15, 0.2) is 112 Å². The summed E-state index contributed by atoms with van der Waals surface area (Å²) in [6.45, 7) is 2.11. The van der Waals surface area contributed by atoms with Crippen LogP contribution < -0.4 is 29.1 Å². The molecule has 1 atom stereocenters. The number of hydrogen-bond donors (Lipinski definition) is 0. The molecule has 0 bridgehead atoms. The minimum Gasteiger partial charge on any atom is -0.493 e. The van der Waals surface area contributed by atoms with Gasteiger partial charge in [0.1, 0.15) is 12.4 Å². The van der Waals surface area contributed by atoms with Crippen LogP contribution in [0.1, 0.15) is 40.8 Å².